The molecule has 1 fully saturated rings. The predicted molar refractivity (Wildman–Crippen MR) is 61.9 cm³/mol. The molecule has 4 nitrogen and oxygen atoms in total. The van der Waals surface area contributed by atoms with E-state index in [2.05, 4.69) is 28.7 Å². The highest BCUT2D eigenvalue weighted by Gasteiger charge is 2.33. The van der Waals surface area contributed by atoms with Crippen LogP contribution in [0.4, 0.5) is 0 Å². The lowest BCUT2D eigenvalue weighted by Gasteiger charge is -2.15. The van der Waals surface area contributed by atoms with Crippen LogP contribution in [-0.2, 0) is 17.8 Å². The first-order chi connectivity index (χ1) is 7.76. The molecular weight excluding hydrogens is 202 g/mol. The maximum Gasteiger partial charge on any atom is 0.223 e. The van der Waals surface area contributed by atoms with E-state index in [1.54, 1.807) is 0 Å². The molecule has 1 saturated heterocycles. The summed E-state index contributed by atoms with van der Waals surface area (Å²) in [4.78, 5) is 15.7. The number of hydrogen-bond acceptors (Lipinski definition) is 2. The summed E-state index contributed by atoms with van der Waals surface area (Å²) in [7, 11) is 0. The van der Waals surface area contributed by atoms with E-state index in [1.807, 2.05) is 12.5 Å². The van der Waals surface area contributed by atoms with Gasteiger partial charge in [-0.1, -0.05) is 6.92 Å². The van der Waals surface area contributed by atoms with Gasteiger partial charge in [0.05, 0.1) is 6.33 Å². The highest BCUT2D eigenvalue weighted by atomic mass is 16.2. The van der Waals surface area contributed by atoms with E-state index in [-0.39, 0.29) is 11.8 Å². The summed E-state index contributed by atoms with van der Waals surface area (Å²) in [5, 5.41) is 2.95. The molecule has 2 rings (SSSR count). The number of carbonyl (C=O) groups is 1. The second-order valence-corrected chi connectivity index (χ2v) is 4.40. The zero-order valence-corrected chi connectivity index (χ0v) is 9.94. The Balaban J connectivity index is 2.07. The van der Waals surface area contributed by atoms with Crippen LogP contribution in [0.15, 0.2) is 12.5 Å². The molecule has 0 radical (unpaired) electrons. The van der Waals surface area contributed by atoms with Gasteiger partial charge in [-0.05, 0) is 25.7 Å². The molecule has 2 atom stereocenters. The first-order valence-electron chi connectivity index (χ1n) is 6.03. The Labute approximate surface area is 96.1 Å². The van der Waals surface area contributed by atoms with Gasteiger partial charge in [0, 0.05) is 30.9 Å². The molecule has 0 aliphatic carbocycles. The number of hydrogen-bond donors (Lipinski definition) is 1. The van der Waals surface area contributed by atoms with Crippen molar-refractivity contribution in [2.75, 3.05) is 6.54 Å². The average molecular weight is 221 g/mol. The van der Waals surface area contributed by atoms with Crippen LogP contribution in [0.2, 0.25) is 0 Å². The molecule has 1 aromatic heterocycles. The zero-order valence-electron chi connectivity index (χ0n) is 9.94. The topological polar surface area (TPSA) is 46.9 Å². The van der Waals surface area contributed by atoms with Crippen molar-refractivity contribution in [3.63, 3.8) is 0 Å². The van der Waals surface area contributed by atoms with Gasteiger partial charge in [-0.25, -0.2) is 4.98 Å². The van der Waals surface area contributed by atoms with Crippen LogP contribution < -0.4 is 5.32 Å². The Bertz CT molecular complexity index is 372. The predicted octanol–water partition coefficient (Wildman–Crippen LogP) is 1.22. The lowest BCUT2D eigenvalue weighted by atomic mass is 9.89. The summed E-state index contributed by atoms with van der Waals surface area (Å²) >= 11 is 0. The molecular formula is C12H19N3O. The zero-order chi connectivity index (χ0) is 11.5. The van der Waals surface area contributed by atoms with Gasteiger partial charge >= 0.3 is 0 Å². The number of aromatic nitrogens is 2. The fourth-order valence-corrected chi connectivity index (χ4v) is 2.52. The highest BCUT2D eigenvalue weighted by Crippen LogP contribution is 2.24. The van der Waals surface area contributed by atoms with Crippen LogP contribution >= 0.6 is 0 Å². The molecule has 0 saturated carbocycles. The second-order valence-electron chi connectivity index (χ2n) is 4.40. The third-order valence-electron chi connectivity index (χ3n) is 3.49. The average Bonchev–Trinajstić information content (AvgIpc) is 2.86. The molecule has 1 aromatic rings. The van der Waals surface area contributed by atoms with Gasteiger partial charge in [0.25, 0.3) is 0 Å². The Kier molecular flexibility index (Phi) is 3.27. The largest absolute Gasteiger partial charge is 0.356 e. The molecule has 0 bridgehead atoms. The van der Waals surface area contributed by atoms with E-state index in [9.17, 15) is 4.79 Å². The van der Waals surface area contributed by atoms with Crippen LogP contribution in [0, 0.1) is 11.8 Å². The first kappa shape index (κ1) is 11.2. The van der Waals surface area contributed by atoms with Gasteiger partial charge in [0.1, 0.15) is 0 Å². The van der Waals surface area contributed by atoms with Crippen molar-refractivity contribution >= 4 is 5.91 Å². The van der Waals surface area contributed by atoms with E-state index in [4.69, 9.17) is 0 Å². The second kappa shape index (κ2) is 4.68. The first-order valence-corrected chi connectivity index (χ1v) is 6.03. The van der Waals surface area contributed by atoms with Gasteiger partial charge in [-0.2, -0.15) is 0 Å². The van der Waals surface area contributed by atoms with E-state index in [1.165, 1.54) is 5.69 Å². The van der Waals surface area contributed by atoms with Gasteiger partial charge in [0.2, 0.25) is 5.91 Å². The lowest BCUT2D eigenvalue weighted by molar-refractivity contribution is -0.123. The molecule has 4 heteroatoms. The van der Waals surface area contributed by atoms with Gasteiger partial charge in [-0.3, -0.25) is 4.79 Å². The SMILES string of the molecule is CC[C@H]1C(=O)NCC1Cc1cncn1CC. The molecule has 1 aliphatic rings. The lowest BCUT2D eigenvalue weighted by Crippen LogP contribution is -2.19. The van der Waals surface area contributed by atoms with Crippen molar-refractivity contribution in [3.8, 4) is 0 Å². The monoisotopic (exact) mass is 221 g/mol. The minimum Gasteiger partial charge on any atom is -0.356 e. The highest BCUT2D eigenvalue weighted by molar-refractivity contribution is 5.81. The quantitative estimate of drug-likeness (QED) is 0.831. The van der Waals surface area contributed by atoms with Crippen molar-refractivity contribution in [1.82, 2.24) is 14.9 Å². The molecule has 0 aromatic carbocycles. The van der Waals surface area contributed by atoms with Gasteiger partial charge < -0.3 is 9.88 Å². The Morgan fingerprint density at radius 2 is 2.38 bits per heavy atom. The summed E-state index contributed by atoms with van der Waals surface area (Å²) in [6.07, 6.45) is 5.65. The number of imidazole rings is 1. The van der Waals surface area contributed by atoms with Crippen LogP contribution in [0.1, 0.15) is 26.0 Å². The molecule has 16 heavy (non-hydrogen) atoms. The molecule has 1 aliphatic heterocycles. The smallest absolute Gasteiger partial charge is 0.223 e. The number of aryl methyl sites for hydroxylation is 1. The minimum atomic E-state index is 0.181. The summed E-state index contributed by atoms with van der Waals surface area (Å²) < 4.78 is 2.15. The van der Waals surface area contributed by atoms with Crippen molar-refractivity contribution in [2.24, 2.45) is 11.8 Å². The third-order valence-corrected chi connectivity index (χ3v) is 3.49. The summed E-state index contributed by atoms with van der Waals surface area (Å²) in [5.41, 5.74) is 1.24. The maximum absolute atomic E-state index is 11.6. The van der Waals surface area contributed by atoms with Crippen LogP contribution in [0.5, 0.6) is 0 Å². The number of rotatable bonds is 4. The normalized spacial score (nSPS) is 24.8. The molecule has 1 amide bonds. The summed E-state index contributed by atoms with van der Waals surface area (Å²) in [6.45, 7) is 5.95. The van der Waals surface area contributed by atoms with Crippen LogP contribution in [0.3, 0.4) is 0 Å². The molecule has 0 spiro atoms. The Hall–Kier alpha value is -1.32. The molecule has 2 heterocycles. The third kappa shape index (κ3) is 1.96. The van der Waals surface area contributed by atoms with E-state index in [0.717, 1.165) is 25.9 Å². The molecule has 1 N–H and O–H groups in total. The number of nitrogens with one attached hydrogen (secondary N) is 1. The molecule has 88 valence electrons. The van der Waals surface area contributed by atoms with Gasteiger partial charge in [-0.15, -0.1) is 0 Å². The van der Waals surface area contributed by atoms with Crippen molar-refractivity contribution in [3.05, 3.63) is 18.2 Å². The van der Waals surface area contributed by atoms with Crippen LogP contribution in [-0.4, -0.2) is 22.0 Å². The van der Waals surface area contributed by atoms with Crippen molar-refractivity contribution in [2.45, 2.75) is 33.2 Å². The van der Waals surface area contributed by atoms with Crippen molar-refractivity contribution in [1.29, 1.82) is 0 Å². The minimum absolute atomic E-state index is 0.181. The Morgan fingerprint density at radius 3 is 3.06 bits per heavy atom. The van der Waals surface area contributed by atoms with E-state index >= 15 is 0 Å². The van der Waals surface area contributed by atoms with Gasteiger partial charge in [0.15, 0.2) is 0 Å². The van der Waals surface area contributed by atoms with E-state index in [0.29, 0.717) is 5.92 Å². The fourth-order valence-electron chi connectivity index (χ4n) is 2.52. The fraction of sp³-hybridized carbons (Fsp3) is 0.667. The maximum atomic E-state index is 11.6. The molecule has 1 unspecified atom stereocenters. The van der Waals surface area contributed by atoms with Crippen molar-refractivity contribution < 1.29 is 4.79 Å². The van der Waals surface area contributed by atoms with Crippen LogP contribution in [0.25, 0.3) is 0 Å². The standard InChI is InChI=1S/C12H19N3O/c1-3-11-9(6-14-12(11)16)5-10-7-13-8-15(10)4-2/h7-9,11H,3-6H2,1-2H3,(H,14,16)/t9?,11-/m1/s1. The number of amides is 1. The van der Waals surface area contributed by atoms with E-state index < -0.39 is 0 Å². The summed E-state index contributed by atoms with van der Waals surface area (Å²) in [6, 6.07) is 0. The number of carbonyl (C=O) groups excluding carboxylic acids is 1. The number of nitrogens with zero attached hydrogens (tertiary/aromatic N) is 2. The summed E-state index contributed by atoms with van der Waals surface area (Å²) in [5.74, 6) is 0.828. The Morgan fingerprint density at radius 1 is 1.56 bits per heavy atom.